The summed E-state index contributed by atoms with van der Waals surface area (Å²) in [6.07, 6.45) is 7.72. The van der Waals surface area contributed by atoms with Gasteiger partial charge in [-0.2, -0.15) is 0 Å². The molecule has 0 saturated heterocycles. The third-order valence-corrected chi connectivity index (χ3v) is 3.10. The van der Waals surface area contributed by atoms with Crippen molar-refractivity contribution in [3.8, 4) is 0 Å². The highest BCUT2D eigenvalue weighted by molar-refractivity contribution is 4.44. The highest BCUT2D eigenvalue weighted by Crippen LogP contribution is 2.10. The molecule has 0 spiro atoms. The third kappa shape index (κ3) is 9.16. The normalized spacial score (nSPS) is 13.4. The Balaban J connectivity index is 0. The molecule has 0 aromatic heterocycles. The van der Waals surface area contributed by atoms with Crippen molar-refractivity contribution in [3.63, 3.8) is 0 Å². The molecule has 0 bridgehead atoms. The molecule has 0 heterocycles. The minimum Gasteiger partial charge on any atom is -1.00 e. The summed E-state index contributed by atoms with van der Waals surface area (Å²) in [4.78, 5) is 0. The van der Waals surface area contributed by atoms with Crippen LogP contribution in [0.25, 0.3) is 0 Å². The molecule has 0 aromatic rings. The molecule has 0 aliphatic rings. The second-order valence-electron chi connectivity index (χ2n) is 4.90. The number of rotatable bonds is 8. The van der Waals surface area contributed by atoms with E-state index in [9.17, 15) is 5.11 Å². The van der Waals surface area contributed by atoms with Gasteiger partial charge in [0.1, 0.15) is 0 Å². The summed E-state index contributed by atoms with van der Waals surface area (Å²) in [7, 11) is 4.19. The quantitative estimate of drug-likeness (QED) is 0.351. The molecule has 0 saturated carbocycles. The van der Waals surface area contributed by atoms with Crippen LogP contribution in [0, 0.1) is 0 Å². The van der Waals surface area contributed by atoms with E-state index in [1.807, 2.05) is 6.92 Å². The van der Waals surface area contributed by atoms with E-state index in [4.69, 9.17) is 0 Å². The molecular formula is C12H28ClNO. The van der Waals surface area contributed by atoms with Gasteiger partial charge in [0, 0.05) is 6.92 Å². The number of hydrogen-bond acceptors (Lipinski definition) is 1. The summed E-state index contributed by atoms with van der Waals surface area (Å²) in [5, 5.41) is 9.49. The number of unbranched alkanes of at least 4 members (excludes halogenated alkanes) is 5. The Hall–Kier alpha value is 0.210. The van der Waals surface area contributed by atoms with E-state index in [1.165, 1.54) is 38.5 Å². The summed E-state index contributed by atoms with van der Waals surface area (Å²) in [6, 6.07) is 0. The first-order valence-electron chi connectivity index (χ1n) is 6.01. The Labute approximate surface area is 102 Å². The van der Waals surface area contributed by atoms with Crippen molar-refractivity contribution in [3.05, 3.63) is 0 Å². The molecule has 3 heteroatoms. The molecule has 1 atom stereocenters. The number of nitrogens with zero attached hydrogens (tertiary/aromatic N) is 1. The zero-order valence-corrected chi connectivity index (χ0v) is 11.6. The lowest BCUT2D eigenvalue weighted by molar-refractivity contribution is -0.934. The van der Waals surface area contributed by atoms with Crippen molar-refractivity contribution >= 4 is 0 Å². The van der Waals surface area contributed by atoms with Gasteiger partial charge < -0.3 is 22.0 Å². The van der Waals surface area contributed by atoms with Crippen LogP contribution in [0.1, 0.15) is 52.4 Å². The number of hydrogen-bond donors (Lipinski definition) is 1. The summed E-state index contributed by atoms with van der Waals surface area (Å²) in [5.41, 5.74) is 0. The second kappa shape index (κ2) is 9.44. The summed E-state index contributed by atoms with van der Waals surface area (Å²) in [5.74, 6) is 0. The maximum absolute atomic E-state index is 9.49. The molecule has 0 aliphatic carbocycles. The maximum atomic E-state index is 9.49. The predicted molar refractivity (Wildman–Crippen MR) is 62.0 cm³/mol. The van der Waals surface area contributed by atoms with Gasteiger partial charge in [0.2, 0.25) is 0 Å². The van der Waals surface area contributed by atoms with Crippen LogP contribution >= 0.6 is 0 Å². The van der Waals surface area contributed by atoms with E-state index in [-0.39, 0.29) is 18.6 Å². The largest absolute Gasteiger partial charge is 1.00 e. The Morgan fingerprint density at radius 2 is 1.47 bits per heavy atom. The molecule has 94 valence electrons. The number of aliphatic hydroxyl groups excluding tert-OH is 1. The van der Waals surface area contributed by atoms with E-state index in [1.54, 1.807) is 0 Å². The van der Waals surface area contributed by atoms with Crippen molar-refractivity contribution in [1.82, 2.24) is 0 Å². The van der Waals surface area contributed by atoms with E-state index in [2.05, 4.69) is 21.0 Å². The van der Waals surface area contributed by atoms with Crippen molar-refractivity contribution in [2.45, 2.75) is 58.6 Å². The summed E-state index contributed by atoms with van der Waals surface area (Å²) < 4.78 is 0.730. The predicted octanol–water partition coefficient (Wildman–Crippen LogP) is -0.234. The van der Waals surface area contributed by atoms with Crippen molar-refractivity contribution in [2.75, 3.05) is 20.6 Å². The topological polar surface area (TPSA) is 20.2 Å². The fourth-order valence-corrected chi connectivity index (χ4v) is 1.49. The average Bonchev–Trinajstić information content (AvgIpc) is 2.10. The van der Waals surface area contributed by atoms with Gasteiger partial charge in [-0.1, -0.05) is 32.6 Å². The van der Waals surface area contributed by atoms with Crippen LogP contribution in [0.15, 0.2) is 0 Å². The third-order valence-electron chi connectivity index (χ3n) is 3.10. The van der Waals surface area contributed by atoms with E-state index < -0.39 is 0 Å². The van der Waals surface area contributed by atoms with Gasteiger partial charge in [0.15, 0.2) is 6.23 Å². The molecular weight excluding hydrogens is 210 g/mol. The lowest BCUT2D eigenvalue weighted by atomic mass is 10.1. The van der Waals surface area contributed by atoms with Crippen molar-refractivity contribution < 1.29 is 22.0 Å². The van der Waals surface area contributed by atoms with Crippen LogP contribution in [0.2, 0.25) is 0 Å². The van der Waals surface area contributed by atoms with Crippen LogP contribution in [-0.2, 0) is 0 Å². The highest BCUT2D eigenvalue weighted by Gasteiger charge is 2.19. The highest BCUT2D eigenvalue weighted by atomic mass is 35.5. The van der Waals surface area contributed by atoms with Crippen LogP contribution < -0.4 is 12.4 Å². The summed E-state index contributed by atoms with van der Waals surface area (Å²) in [6.45, 7) is 5.20. The number of halogens is 1. The lowest BCUT2D eigenvalue weighted by Gasteiger charge is -2.32. The molecule has 0 amide bonds. The first-order valence-corrected chi connectivity index (χ1v) is 6.01. The molecule has 2 nitrogen and oxygen atoms in total. The fourth-order valence-electron chi connectivity index (χ4n) is 1.49. The van der Waals surface area contributed by atoms with Crippen LogP contribution in [0.3, 0.4) is 0 Å². The van der Waals surface area contributed by atoms with Crippen molar-refractivity contribution in [1.29, 1.82) is 0 Å². The van der Waals surface area contributed by atoms with Crippen molar-refractivity contribution in [2.24, 2.45) is 0 Å². The van der Waals surface area contributed by atoms with Gasteiger partial charge in [-0.05, 0) is 12.8 Å². The molecule has 1 N–H and O–H groups in total. The molecule has 0 aromatic carbocycles. The zero-order valence-electron chi connectivity index (χ0n) is 10.8. The van der Waals surface area contributed by atoms with E-state index >= 15 is 0 Å². The maximum Gasteiger partial charge on any atom is 0.187 e. The Bertz CT molecular complexity index is 138. The van der Waals surface area contributed by atoms with Crippen LogP contribution in [0.5, 0.6) is 0 Å². The van der Waals surface area contributed by atoms with Crippen LogP contribution in [-0.4, -0.2) is 36.5 Å². The molecule has 15 heavy (non-hydrogen) atoms. The van der Waals surface area contributed by atoms with Gasteiger partial charge in [-0.15, -0.1) is 0 Å². The van der Waals surface area contributed by atoms with Gasteiger partial charge in [0.25, 0.3) is 0 Å². The average molecular weight is 238 g/mol. The minimum atomic E-state index is -0.245. The first kappa shape index (κ1) is 17.6. The van der Waals surface area contributed by atoms with E-state index in [0.717, 1.165) is 11.0 Å². The Kier molecular flexibility index (Phi) is 11.1. The molecule has 0 aliphatic heterocycles. The van der Waals surface area contributed by atoms with Gasteiger partial charge in [-0.3, -0.25) is 0 Å². The standard InChI is InChI=1S/C12H28NO.ClH/c1-5-6-7-8-9-10-11-13(3,4)12(2)14;/h12,14H,5-11H2,1-4H3;1H/q+1;/p-1. The summed E-state index contributed by atoms with van der Waals surface area (Å²) >= 11 is 0. The smallest absolute Gasteiger partial charge is 0.187 e. The number of quaternary nitrogens is 1. The van der Waals surface area contributed by atoms with Gasteiger partial charge >= 0.3 is 0 Å². The molecule has 0 radical (unpaired) electrons. The zero-order chi connectivity index (χ0) is 11.0. The number of aliphatic hydroxyl groups is 1. The minimum absolute atomic E-state index is 0. The first-order chi connectivity index (χ1) is 6.50. The molecule has 1 unspecified atom stereocenters. The fraction of sp³-hybridized carbons (Fsp3) is 1.00. The second-order valence-corrected chi connectivity index (χ2v) is 4.90. The van der Waals surface area contributed by atoms with E-state index in [0.29, 0.717) is 0 Å². The van der Waals surface area contributed by atoms with Crippen LogP contribution in [0.4, 0.5) is 0 Å². The van der Waals surface area contributed by atoms with Gasteiger partial charge in [0.05, 0.1) is 20.6 Å². The van der Waals surface area contributed by atoms with Gasteiger partial charge in [-0.25, -0.2) is 0 Å². The molecule has 0 fully saturated rings. The SMILES string of the molecule is CCCCCCCC[N+](C)(C)C(C)O.[Cl-]. The Morgan fingerprint density at radius 3 is 1.93 bits per heavy atom. The monoisotopic (exact) mass is 237 g/mol. The Morgan fingerprint density at radius 1 is 1.00 bits per heavy atom. The lowest BCUT2D eigenvalue weighted by Crippen LogP contribution is -3.00. The molecule has 0 rings (SSSR count).